The molecule has 5 heteroatoms. The maximum absolute atomic E-state index is 11.9. The van der Waals surface area contributed by atoms with Crippen molar-refractivity contribution in [1.29, 1.82) is 0 Å². The minimum absolute atomic E-state index is 0.158. The van der Waals surface area contributed by atoms with Crippen LogP contribution in [0.4, 0.5) is 0 Å². The van der Waals surface area contributed by atoms with Gasteiger partial charge in [0.05, 0.1) is 12.8 Å². The molecule has 1 aliphatic rings. The number of hydrogen-bond donors (Lipinski definition) is 1. The van der Waals surface area contributed by atoms with Gasteiger partial charge in [0.25, 0.3) is 0 Å². The van der Waals surface area contributed by atoms with E-state index in [1.807, 2.05) is 0 Å². The Balaban J connectivity index is 2.37. The molecule has 0 bridgehead atoms. The van der Waals surface area contributed by atoms with Crippen molar-refractivity contribution in [2.75, 3.05) is 7.11 Å². The van der Waals surface area contributed by atoms with Crippen molar-refractivity contribution in [3.63, 3.8) is 0 Å². The molecule has 1 fully saturated rings. The summed E-state index contributed by atoms with van der Waals surface area (Å²) in [5.41, 5.74) is 1.30. The predicted octanol–water partition coefficient (Wildman–Crippen LogP) is 0.909. The van der Waals surface area contributed by atoms with Crippen LogP contribution in [0.25, 0.3) is 5.65 Å². The lowest BCUT2D eigenvalue weighted by molar-refractivity contribution is 0.398. The smallest absolute Gasteiger partial charge is 0.315 e. The van der Waals surface area contributed by atoms with Gasteiger partial charge < -0.3 is 4.74 Å². The number of aromatic amines is 1. The molecule has 2 aromatic rings. The summed E-state index contributed by atoms with van der Waals surface area (Å²) in [5.74, 6) is 0.782. The fraction of sp³-hybridized carbons (Fsp3) is 0.400. The zero-order chi connectivity index (χ0) is 10.4. The molecule has 2 heterocycles. The van der Waals surface area contributed by atoms with Crippen LogP contribution in [-0.2, 0) is 0 Å². The average Bonchev–Trinajstić information content (AvgIpc) is 2.97. The molecule has 0 unspecified atom stereocenters. The number of ether oxygens (including phenoxy) is 1. The van der Waals surface area contributed by atoms with E-state index in [9.17, 15) is 4.79 Å². The summed E-state index contributed by atoms with van der Waals surface area (Å²) in [4.78, 5) is 16.4. The molecule has 3 rings (SSSR count). The van der Waals surface area contributed by atoms with Gasteiger partial charge in [-0.2, -0.15) is 4.52 Å². The molecule has 0 amide bonds. The van der Waals surface area contributed by atoms with Crippen molar-refractivity contribution >= 4 is 5.65 Å². The molecule has 1 aliphatic carbocycles. The summed E-state index contributed by atoms with van der Waals surface area (Å²) >= 11 is 0. The van der Waals surface area contributed by atoms with Crippen molar-refractivity contribution in [2.24, 2.45) is 0 Å². The van der Waals surface area contributed by atoms with E-state index in [-0.39, 0.29) is 5.56 Å². The van der Waals surface area contributed by atoms with Gasteiger partial charge in [-0.25, -0.2) is 4.98 Å². The Morgan fingerprint density at radius 2 is 2.40 bits per heavy atom. The number of hydrogen-bond acceptors (Lipinski definition) is 3. The Morgan fingerprint density at radius 3 is 3.07 bits per heavy atom. The van der Waals surface area contributed by atoms with Crippen LogP contribution in [0.5, 0.6) is 5.75 Å². The maximum atomic E-state index is 11.9. The van der Waals surface area contributed by atoms with Crippen LogP contribution in [0.1, 0.15) is 24.5 Å². The van der Waals surface area contributed by atoms with Gasteiger partial charge in [0.15, 0.2) is 5.65 Å². The van der Waals surface area contributed by atoms with Crippen LogP contribution in [0.2, 0.25) is 0 Å². The van der Waals surface area contributed by atoms with Crippen molar-refractivity contribution in [3.05, 3.63) is 28.3 Å². The Morgan fingerprint density at radius 1 is 1.60 bits per heavy atom. The van der Waals surface area contributed by atoms with Gasteiger partial charge in [-0.15, -0.1) is 0 Å². The van der Waals surface area contributed by atoms with Gasteiger partial charge in [-0.3, -0.25) is 9.89 Å². The van der Waals surface area contributed by atoms with E-state index in [0.29, 0.717) is 17.3 Å². The van der Waals surface area contributed by atoms with Crippen LogP contribution in [0.15, 0.2) is 17.1 Å². The highest BCUT2D eigenvalue weighted by Crippen LogP contribution is 2.41. The number of methoxy groups -OCH3 is 1. The van der Waals surface area contributed by atoms with Crippen molar-refractivity contribution < 1.29 is 4.74 Å². The normalized spacial score (nSPS) is 15.8. The molecule has 1 saturated carbocycles. The first-order valence-electron chi connectivity index (χ1n) is 4.95. The molecule has 1 N–H and O–H groups in total. The number of nitrogens with one attached hydrogen (secondary N) is 1. The fourth-order valence-electron chi connectivity index (χ4n) is 1.79. The maximum Gasteiger partial charge on any atom is 0.315 e. The number of nitrogens with zero attached hydrogens (tertiary/aromatic N) is 2. The first-order chi connectivity index (χ1) is 7.31. The number of H-pyrrole nitrogens is 1. The second kappa shape index (κ2) is 2.85. The molecule has 78 valence electrons. The molecule has 0 aliphatic heterocycles. The topological polar surface area (TPSA) is 59.4 Å². The van der Waals surface area contributed by atoms with Crippen molar-refractivity contribution in [2.45, 2.75) is 18.8 Å². The van der Waals surface area contributed by atoms with Crippen LogP contribution in [-0.4, -0.2) is 21.7 Å². The monoisotopic (exact) mass is 205 g/mol. The number of fused-ring (bicyclic) bond motifs is 1. The van der Waals surface area contributed by atoms with Gasteiger partial charge in [-0.05, 0) is 12.8 Å². The highest BCUT2D eigenvalue weighted by atomic mass is 16.5. The summed E-state index contributed by atoms with van der Waals surface area (Å²) < 4.78 is 6.53. The highest BCUT2D eigenvalue weighted by molar-refractivity contribution is 5.43. The molecule has 0 saturated heterocycles. The van der Waals surface area contributed by atoms with Crippen LogP contribution in [0.3, 0.4) is 0 Å². The standard InChI is InChI=1S/C10H11N3O2/c1-15-9-8(6-2-3-6)12-7-4-5-11-13(7)10(9)14/h4-6,11H,2-3H2,1H3. The third-order valence-electron chi connectivity index (χ3n) is 2.70. The average molecular weight is 205 g/mol. The third kappa shape index (κ3) is 1.16. The van der Waals surface area contributed by atoms with Crippen molar-refractivity contribution in [3.8, 4) is 5.75 Å². The summed E-state index contributed by atoms with van der Waals surface area (Å²) in [6, 6.07) is 1.78. The molecular formula is C10H11N3O2. The number of rotatable bonds is 2. The van der Waals surface area contributed by atoms with E-state index < -0.39 is 0 Å². The largest absolute Gasteiger partial charge is 0.490 e. The minimum atomic E-state index is -0.158. The Kier molecular flexibility index (Phi) is 1.62. The fourth-order valence-corrected chi connectivity index (χ4v) is 1.79. The second-order valence-corrected chi connectivity index (χ2v) is 3.77. The summed E-state index contributed by atoms with van der Waals surface area (Å²) in [6.07, 6.45) is 3.90. The summed E-state index contributed by atoms with van der Waals surface area (Å²) in [6.45, 7) is 0. The lowest BCUT2D eigenvalue weighted by atomic mass is 10.2. The minimum Gasteiger partial charge on any atom is -0.490 e. The molecule has 0 radical (unpaired) electrons. The predicted molar refractivity (Wildman–Crippen MR) is 54.3 cm³/mol. The Bertz CT molecular complexity index is 566. The second-order valence-electron chi connectivity index (χ2n) is 3.77. The van der Waals surface area contributed by atoms with Gasteiger partial charge in [-0.1, -0.05) is 0 Å². The molecule has 5 nitrogen and oxygen atoms in total. The van der Waals surface area contributed by atoms with Crippen LogP contribution in [0, 0.1) is 0 Å². The van der Waals surface area contributed by atoms with E-state index in [4.69, 9.17) is 4.74 Å². The first-order valence-corrected chi connectivity index (χ1v) is 4.95. The van der Waals surface area contributed by atoms with Gasteiger partial charge in [0.1, 0.15) is 0 Å². The van der Waals surface area contributed by atoms with Crippen LogP contribution < -0.4 is 10.3 Å². The zero-order valence-corrected chi connectivity index (χ0v) is 8.36. The lowest BCUT2D eigenvalue weighted by Gasteiger charge is -2.05. The summed E-state index contributed by atoms with van der Waals surface area (Å²) in [7, 11) is 1.51. The zero-order valence-electron chi connectivity index (χ0n) is 8.36. The van der Waals surface area contributed by atoms with Gasteiger partial charge >= 0.3 is 5.56 Å². The third-order valence-corrected chi connectivity index (χ3v) is 2.70. The molecule has 0 aromatic carbocycles. The highest BCUT2D eigenvalue weighted by Gasteiger charge is 2.30. The van der Waals surface area contributed by atoms with E-state index in [0.717, 1.165) is 18.5 Å². The SMILES string of the molecule is COc1c(C2CC2)nc2cc[nH]n2c1=O. The lowest BCUT2D eigenvalue weighted by Crippen LogP contribution is -2.19. The number of aromatic nitrogens is 3. The van der Waals surface area contributed by atoms with Crippen LogP contribution >= 0.6 is 0 Å². The Hall–Kier alpha value is -1.78. The molecule has 0 atom stereocenters. The Labute approximate surface area is 85.7 Å². The van der Waals surface area contributed by atoms with E-state index in [2.05, 4.69) is 10.1 Å². The molecule has 2 aromatic heterocycles. The summed E-state index contributed by atoms with van der Waals surface area (Å²) in [5, 5.41) is 2.81. The van der Waals surface area contributed by atoms with Crippen molar-refractivity contribution in [1.82, 2.24) is 14.6 Å². The van der Waals surface area contributed by atoms with E-state index in [1.165, 1.54) is 11.6 Å². The first kappa shape index (κ1) is 8.52. The van der Waals surface area contributed by atoms with Gasteiger partial charge in [0, 0.05) is 18.2 Å². The molecule has 0 spiro atoms. The van der Waals surface area contributed by atoms with Gasteiger partial charge in [0.2, 0.25) is 5.75 Å². The quantitative estimate of drug-likeness (QED) is 0.792. The van der Waals surface area contributed by atoms with E-state index in [1.54, 1.807) is 12.3 Å². The molecule has 15 heavy (non-hydrogen) atoms. The van der Waals surface area contributed by atoms with E-state index >= 15 is 0 Å². The molecular weight excluding hydrogens is 194 g/mol.